The molecule has 6 heteroatoms. The first-order chi connectivity index (χ1) is 6.86. The smallest absolute Gasteiger partial charge is 0.348 e. The molecular weight excluding hydrogens is 196 g/mol. The van der Waals surface area contributed by atoms with Gasteiger partial charge in [0.1, 0.15) is 0 Å². The van der Waals surface area contributed by atoms with Crippen molar-refractivity contribution >= 4 is 5.95 Å². The highest BCUT2D eigenvalue weighted by Gasteiger charge is 2.13. The molecule has 1 aromatic heterocycles. The fourth-order valence-electron chi connectivity index (χ4n) is 1.39. The van der Waals surface area contributed by atoms with Crippen LogP contribution in [0.15, 0.2) is 9.59 Å². The monoisotopic (exact) mass is 212 g/mol. The summed E-state index contributed by atoms with van der Waals surface area (Å²) in [6.07, 6.45) is 0. The molecule has 0 aliphatic carbocycles. The summed E-state index contributed by atoms with van der Waals surface area (Å²) in [6.45, 7) is 3.56. The summed E-state index contributed by atoms with van der Waals surface area (Å²) in [5, 5.41) is 0. The number of rotatable bonds is 2. The molecule has 0 bridgehead atoms. The molecule has 1 rings (SSSR count). The van der Waals surface area contributed by atoms with Gasteiger partial charge in [-0.15, -0.1) is 0 Å². The number of hydrogen-bond acceptors (Lipinski definition) is 4. The van der Waals surface area contributed by atoms with Gasteiger partial charge in [0.25, 0.3) is 0 Å². The number of hydrogen-bond donors (Lipinski definition) is 0. The fourth-order valence-corrected chi connectivity index (χ4v) is 1.39. The van der Waals surface area contributed by atoms with Gasteiger partial charge in [0.05, 0.1) is 0 Å². The fraction of sp³-hybridized carbons (Fsp3) is 0.667. The summed E-state index contributed by atoms with van der Waals surface area (Å²) in [6, 6.07) is -0.181. The van der Waals surface area contributed by atoms with Crippen LogP contribution in [0, 0.1) is 0 Å². The highest BCUT2D eigenvalue weighted by molar-refractivity contribution is 5.25. The zero-order valence-corrected chi connectivity index (χ0v) is 9.68. The van der Waals surface area contributed by atoms with E-state index < -0.39 is 5.69 Å². The zero-order valence-electron chi connectivity index (χ0n) is 9.68. The second kappa shape index (κ2) is 3.88. The normalized spacial score (nSPS) is 10.8. The van der Waals surface area contributed by atoms with E-state index in [0.29, 0.717) is 5.95 Å². The van der Waals surface area contributed by atoms with Gasteiger partial charge in [0, 0.05) is 27.2 Å². The molecule has 0 spiro atoms. The lowest BCUT2D eigenvalue weighted by molar-refractivity contribution is 0.502. The average Bonchev–Trinajstić information content (AvgIpc) is 2.10. The lowest BCUT2D eigenvalue weighted by atomic mass is 10.4. The van der Waals surface area contributed by atoms with Gasteiger partial charge in [-0.1, -0.05) is 0 Å². The Morgan fingerprint density at radius 2 is 1.80 bits per heavy atom. The lowest BCUT2D eigenvalue weighted by Crippen LogP contribution is -2.43. The van der Waals surface area contributed by atoms with Crippen LogP contribution >= 0.6 is 0 Å². The van der Waals surface area contributed by atoms with E-state index in [9.17, 15) is 9.59 Å². The van der Waals surface area contributed by atoms with Crippen molar-refractivity contribution in [2.45, 2.75) is 19.9 Å². The topological polar surface area (TPSA) is 60.1 Å². The molecule has 1 aromatic rings. The van der Waals surface area contributed by atoms with Gasteiger partial charge in [0.2, 0.25) is 5.95 Å². The van der Waals surface area contributed by atoms with Crippen molar-refractivity contribution < 1.29 is 0 Å². The first-order valence-electron chi connectivity index (χ1n) is 4.73. The van der Waals surface area contributed by atoms with E-state index in [2.05, 4.69) is 4.98 Å². The maximum absolute atomic E-state index is 11.8. The third-order valence-corrected chi connectivity index (χ3v) is 2.11. The Morgan fingerprint density at radius 1 is 1.27 bits per heavy atom. The Bertz CT molecular complexity index is 470. The summed E-state index contributed by atoms with van der Waals surface area (Å²) in [4.78, 5) is 28.9. The summed E-state index contributed by atoms with van der Waals surface area (Å²) >= 11 is 0. The molecule has 6 nitrogen and oxygen atoms in total. The maximum atomic E-state index is 11.8. The van der Waals surface area contributed by atoms with Crippen LogP contribution in [0.4, 0.5) is 5.95 Å². The van der Waals surface area contributed by atoms with Crippen LogP contribution in [0.25, 0.3) is 0 Å². The van der Waals surface area contributed by atoms with Gasteiger partial charge >= 0.3 is 11.4 Å². The first kappa shape index (κ1) is 11.5. The van der Waals surface area contributed by atoms with E-state index in [1.54, 1.807) is 39.9 Å². The Morgan fingerprint density at radius 3 is 2.20 bits per heavy atom. The Hall–Kier alpha value is -1.59. The van der Waals surface area contributed by atoms with Crippen LogP contribution in [-0.4, -0.2) is 28.2 Å². The largest absolute Gasteiger partial charge is 0.355 e. The standard InChI is InChI=1S/C9H16N4O2/c1-6(2)13-8(14)10-7(11(3)4)12(5)9(13)15/h6H,1-5H3. The molecule has 0 N–H and O–H groups in total. The predicted octanol–water partition coefficient (Wildman–Crippen LogP) is -0.411. The van der Waals surface area contributed by atoms with Crippen LogP contribution in [0.2, 0.25) is 0 Å². The molecule has 15 heavy (non-hydrogen) atoms. The van der Waals surface area contributed by atoms with Crippen LogP contribution in [0.3, 0.4) is 0 Å². The molecule has 0 fully saturated rings. The Labute approximate surface area is 87.8 Å². The van der Waals surface area contributed by atoms with E-state index in [-0.39, 0.29) is 11.7 Å². The van der Waals surface area contributed by atoms with Crippen molar-refractivity contribution in [3.63, 3.8) is 0 Å². The minimum absolute atomic E-state index is 0.181. The molecule has 0 aliphatic heterocycles. The van der Waals surface area contributed by atoms with E-state index in [0.717, 1.165) is 4.57 Å². The van der Waals surface area contributed by atoms with Gasteiger partial charge in [-0.05, 0) is 13.8 Å². The second-order valence-electron chi connectivity index (χ2n) is 3.89. The molecule has 0 radical (unpaired) electrons. The van der Waals surface area contributed by atoms with Crippen LogP contribution in [-0.2, 0) is 7.05 Å². The third-order valence-electron chi connectivity index (χ3n) is 2.11. The highest BCUT2D eigenvalue weighted by Crippen LogP contribution is 2.00. The Kier molecular flexibility index (Phi) is 2.97. The summed E-state index contributed by atoms with van der Waals surface area (Å²) in [5.74, 6) is 0.363. The molecule has 0 aromatic carbocycles. The molecule has 84 valence electrons. The molecule has 0 amide bonds. The molecule has 0 atom stereocenters. The zero-order chi connectivity index (χ0) is 11.7. The summed E-state index contributed by atoms with van der Waals surface area (Å²) in [5.41, 5.74) is -0.842. The van der Waals surface area contributed by atoms with Crippen LogP contribution in [0.1, 0.15) is 19.9 Å². The molecule has 0 saturated carbocycles. The van der Waals surface area contributed by atoms with Gasteiger partial charge in [-0.25, -0.2) is 14.2 Å². The lowest BCUT2D eigenvalue weighted by Gasteiger charge is -2.17. The average molecular weight is 212 g/mol. The van der Waals surface area contributed by atoms with E-state index in [1.807, 2.05) is 0 Å². The third kappa shape index (κ3) is 1.93. The number of anilines is 1. The van der Waals surface area contributed by atoms with E-state index in [4.69, 9.17) is 0 Å². The molecular formula is C9H16N4O2. The summed E-state index contributed by atoms with van der Waals surface area (Å²) in [7, 11) is 5.07. The SMILES string of the molecule is CC(C)n1c(=O)nc(N(C)C)n(C)c1=O. The van der Waals surface area contributed by atoms with Crippen molar-refractivity contribution in [2.24, 2.45) is 7.05 Å². The van der Waals surface area contributed by atoms with Crippen molar-refractivity contribution in [3.05, 3.63) is 21.0 Å². The molecule has 0 unspecified atom stereocenters. The molecule has 1 heterocycles. The van der Waals surface area contributed by atoms with Crippen LogP contribution < -0.4 is 16.3 Å². The van der Waals surface area contributed by atoms with Crippen molar-refractivity contribution in [3.8, 4) is 0 Å². The van der Waals surface area contributed by atoms with Crippen molar-refractivity contribution in [1.29, 1.82) is 0 Å². The predicted molar refractivity (Wildman–Crippen MR) is 58.5 cm³/mol. The molecule has 0 aliphatic rings. The summed E-state index contributed by atoms with van der Waals surface area (Å²) < 4.78 is 2.49. The molecule has 0 saturated heterocycles. The van der Waals surface area contributed by atoms with Crippen molar-refractivity contribution in [1.82, 2.24) is 14.1 Å². The second-order valence-corrected chi connectivity index (χ2v) is 3.89. The Balaban J connectivity index is 3.60. The van der Waals surface area contributed by atoms with Crippen molar-refractivity contribution in [2.75, 3.05) is 19.0 Å². The van der Waals surface area contributed by atoms with E-state index in [1.165, 1.54) is 4.57 Å². The van der Waals surface area contributed by atoms with Gasteiger partial charge in [0.15, 0.2) is 0 Å². The maximum Gasteiger partial charge on any atom is 0.355 e. The quantitative estimate of drug-likeness (QED) is 0.668. The number of nitrogens with zero attached hydrogens (tertiary/aromatic N) is 4. The highest BCUT2D eigenvalue weighted by atomic mass is 16.2. The van der Waals surface area contributed by atoms with E-state index >= 15 is 0 Å². The minimum Gasteiger partial charge on any atom is -0.348 e. The van der Waals surface area contributed by atoms with Gasteiger partial charge < -0.3 is 4.90 Å². The van der Waals surface area contributed by atoms with Crippen LogP contribution in [0.5, 0.6) is 0 Å². The minimum atomic E-state index is -0.503. The number of aromatic nitrogens is 3. The van der Waals surface area contributed by atoms with Gasteiger partial charge in [-0.3, -0.25) is 4.57 Å². The first-order valence-corrected chi connectivity index (χ1v) is 4.73. The van der Waals surface area contributed by atoms with Gasteiger partial charge in [-0.2, -0.15) is 4.98 Å².